The quantitative estimate of drug-likeness (QED) is 0.450. The van der Waals surface area contributed by atoms with Gasteiger partial charge in [0.2, 0.25) is 0 Å². The molecule has 9 nitrogen and oxygen atoms in total. The highest BCUT2D eigenvalue weighted by molar-refractivity contribution is 6.35. The second kappa shape index (κ2) is 10.3. The van der Waals surface area contributed by atoms with Crippen LogP contribution in [0.15, 0.2) is 36.4 Å². The number of ether oxygens (including phenoxy) is 2. The molecule has 2 aromatic carbocycles. The number of hydrogen-bond acceptors (Lipinski definition) is 7. The molecule has 2 aliphatic heterocycles. The van der Waals surface area contributed by atoms with Crippen LogP contribution in [-0.4, -0.2) is 60.9 Å². The second-order valence-electron chi connectivity index (χ2n) is 8.98. The van der Waals surface area contributed by atoms with E-state index in [1.807, 2.05) is 26.0 Å². The molecular weight excluding hydrogens is 464 g/mol. The summed E-state index contributed by atoms with van der Waals surface area (Å²) in [6.45, 7) is 6.06. The third-order valence-electron chi connectivity index (χ3n) is 6.52. The summed E-state index contributed by atoms with van der Waals surface area (Å²) in [6, 6.07) is 9.68. The average molecular weight is 493 g/mol. The van der Waals surface area contributed by atoms with Crippen molar-refractivity contribution in [3.8, 4) is 0 Å². The minimum atomic E-state index is -0.766. The normalized spacial score (nSPS) is 15.6. The van der Waals surface area contributed by atoms with E-state index in [0.29, 0.717) is 38.2 Å². The Morgan fingerprint density at radius 1 is 0.917 bits per heavy atom. The van der Waals surface area contributed by atoms with E-state index in [0.717, 1.165) is 16.0 Å². The Labute approximate surface area is 209 Å². The van der Waals surface area contributed by atoms with E-state index in [-0.39, 0.29) is 34.5 Å². The Bertz CT molecular complexity index is 1240. The third kappa shape index (κ3) is 4.86. The van der Waals surface area contributed by atoms with Crippen molar-refractivity contribution in [2.75, 3.05) is 31.2 Å². The fourth-order valence-electron chi connectivity index (χ4n) is 4.47. The summed E-state index contributed by atoms with van der Waals surface area (Å²) in [5.41, 5.74) is 2.58. The number of amides is 3. The predicted molar refractivity (Wildman–Crippen MR) is 130 cm³/mol. The third-order valence-corrected chi connectivity index (χ3v) is 6.52. The van der Waals surface area contributed by atoms with Crippen molar-refractivity contribution in [3.05, 3.63) is 64.2 Å². The summed E-state index contributed by atoms with van der Waals surface area (Å²) in [4.78, 5) is 65.7. The van der Waals surface area contributed by atoms with Gasteiger partial charge in [0.1, 0.15) is 0 Å². The Morgan fingerprint density at radius 3 is 2.31 bits per heavy atom. The van der Waals surface area contributed by atoms with Gasteiger partial charge in [-0.2, -0.15) is 0 Å². The number of likely N-dealkylation sites (tertiary alicyclic amines) is 1. The van der Waals surface area contributed by atoms with Crippen LogP contribution in [0.2, 0.25) is 0 Å². The number of esters is 2. The molecule has 1 saturated heterocycles. The summed E-state index contributed by atoms with van der Waals surface area (Å²) in [6.07, 6.45) is 0.993. The van der Waals surface area contributed by atoms with Gasteiger partial charge in [-0.05, 0) is 69.0 Å². The number of carbonyl (C=O) groups excluding carboxylic acids is 5. The Hall–Kier alpha value is -4.01. The van der Waals surface area contributed by atoms with Gasteiger partial charge in [-0.1, -0.05) is 12.1 Å². The van der Waals surface area contributed by atoms with Crippen molar-refractivity contribution in [2.24, 2.45) is 5.92 Å². The standard InChI is InChI=1S/C27H28N2O7/c1-4-35-26(33)18-9-11-28(12-10-18)23(30)15-36-27(34)19-7-8-20-21(14-19)25(32)29(24(20)31)22-13-16(2)5-6-17(22)3/h5-8,13-14,18H,4,9-12,15H2,1-3H3. The van der Waals surface area contributed by atoms with E-state index in [1.54, 1.807) is 17.9 Å². The fraction of sp³-hybridized carbons (Fsp3) is 0.370. The Kier molecular flexibility index (Phi) is 7.19. The van der Waals surface area contributed by atoms with Crippen LogP contribution in [0.5, 0.6) is 0 Å². The molecule has 0 saturated carbocycles. The molecule has 0 radical (unpaired) electrons. The molecular formula is C27H28N2O7. The number of carbonyl (C=O) groups is 5. The number of piperidine rings is 1. The molecule has 0 N–H and O–H groups in total. The molecule has 4 rings (SSSR count). The lowest BCUT2D eigenvalue weighted by Gasteiger charge is -2.30. The van der Waals surface area contributed by atoms with E-state index in [1.165, 1.54) is 18.2 Å². The largest absolute Gasteiger partial charge is 0.466 e. The van der Waals surface area contributed by atoms with Crippen LogP contribution in [0.1, 0.15) is 62.0 Å². The first-order chi connectivity index (χ1) is 17.2. The summed E-state index contributed by atoms with van der Waals surface area (Å²) < 4.78 is 10.2. The van der Waals surface area contributed by atoms with Crippen molar-refractivity contribution in [1.82, 2.24) is 4.90 Å². The van der Waals surface area contributed by atoms with Crippen molar-refractivity contribution in [3.63, 3.8) is 0 Å². The maximum Gasteiger partial charge on any atom is 0.338 e. The molecule has 2 aliphatic rings. The fourth-order valence-corrected chi connectivity index (χ4v) is 4.47. The highest BCUT2D eigenvalue weighted by Crippen LogP contribution is 2.32. The number of benzene rings is 2. The minimum absolute atomic E-state index is 0.0755. The van der Waals surface area contributed by atoms with Gasteiger partial charge in [0.25, 0.3) is 17.7 Å². The summed E-state index contributed by atoms with van der Waals surface area (Å²) in [7, 11) is 0. The van der Waals surface area contributed by atoms with Crippen molar-refractivity contribution < 1.29 is 33.4 Å². The lowest BCUT2D eigenvalue weighted by molar-refractivity contribution is -0.151. The van der Waals surface area contributed by atoms with Gasteiger partial charge < -0.3 is 14.4 Å². The lowest BCUT2D eigenvalue weighted by Crippen LogP contribution is -2.42. The maximum absolute atomic E-state index is 13.1. The van der Waals surface area contributed by atoms with Gasteiger partial charge >= 0.3 is 11.9 Å². The number of imide groups is 1. The molecule has 1 fully saturated rings. The highest BCUT2D eigenvalue weighted by Gasteiger charge is 2.38. The number of hydrogen-bond donors (Lipinski definition) is 0. The molecule has 3 amide bonds. The molecule has 0 unspecified atom stereocenters. The number of rotatable bonds is 6. The van der Waals surface area contributed by atoms with E-state index in [9.17, 15) is 24.0 Å². The van der Waals surface area contributed by atoms with Crippen molar-refractivity contribution in [1.29, 1.82) is 0 Å². The summed E-state index contributed by atoms with van der Waals surface area (Å²) in [5.74, 6) is -2.58. The topological polar surface area (TPSA) is 110 Å². The summed E-state index contributed by atoms with van der Waals surface area (Å²) in [5, 5.41) is 0. The molecule has 0 aliphatic carbocycles. The maximum atomic E-state index is 13.1. The molecule has 0 bridgehead atoms. The van der Waals surface area contributed by atoms with Gasteiger partial charge in [-0.15, -0.1) is 0 Å². The minimum Gasteiger partial charge on any atom is -0.466 e. The van der Waals surface area contributed by atoms with Crippen LogP contribution < -0.4 is 4.90 Å². The van der Waals surface area contributed by atoms with Crippen LogP contribution in [0, 0.1) is 19.8 Å². The van der Waals surface area contributed by atoms with E-state index < -0.39 is 24.4 Å². The van der Waals surface area contributed by atoms with E-state index in [2.05, 4.69) is 0 Å². The van der Waals surface area contributed by atoms with Crippen LogP contribution in [0.4, 0.5) is 5.69 Å². The zero-order valence-electron chi connectivity index (χ0n) is 20.5. The van der Waals surface area contributed by atoms with Crippen LogP contribution in [0.3, 0.4) is 0 Å². The average Bonchev–Trinajstić information content (AvgIpc) is 3.13. The Morgan fingerprint density at radius 2 is 1.61 bits per heavy atom. The molecule has 0 spiro atoms. The monoisotopic (exact) mass is 492 g/mol. The van der Waals surface area contributed by atoms with Gasteiger partial charge in [-0.25, -0.2) is 9.69 Å². The summed E-state index contributed by atoms with van der Waals surface area (Å²) >= 11 is 0. The van der Waals surface area contributed by atoms with Gasteiger partial charge in [0.15, 0.2) is 6.61 Å². The molecule has 2 heterocycles. The second-order valence-corrected chi connectivity index (χ2v) is 8.98. The Balaban J connectivity index is 1.39. The highest BCUT2D eigenvalue weighted by atomic mass is 16.5. The molecule has 0 aromatic heterocycles. The smallest absolute Gasteiger partial charge is 0.338 e. The first-order valence-electron chi connectivity index (χ1n) is 11.9. The van der Waals surface area contributed by atoms with Gasteiger partial charge in [0.05, 0.1) is 34.9 Å². The van der Waals surface area contributed by atoms with E-state index >= 15 is 0 Å². The molecule has 36 heavy (non-hydrogen) atoms. The molecule has 2 aromatic rings. The van der Waals surface area contributed by atoms with Gasteiger partial charge in [-0.3, -0.25) is 19.2 Å². The first-order valence-corrected chi connectivity index (χ1v) is 11.9. The first kappa shape index (κ1) is 25.1. The predicted octanol–water partition coefficient (Wildman–Crippen LogP) is 3.06. The van der Waals surface area contributed by atoms with Crippen LogP contribution in [-0.2, 0) is 19.1 Å². The van der Waals surface area contributed by atoms with E-state index in [4.69, 9.17) is 9.47 Å². The van der Waals surface area contributed by atoms with Crippen LogP contribution >= 0.6 is 0 Å². The number of anilines is 1. The van der Waals surface area contributed by atoms with Crippen molar-refractivity contribution in [2.45, 2.75) is 33.6 Å². The lowest BCUT2D eigenvalue weighted by atomic mass is 9.97. The van der Waals surface area contributed by atoms with Crippen molar-refractivity contribution >= 4 is 35.3 Å². The molecule has 188 valence electrons. The van der Waals surface area contributed by atoms with Crippen LogP contribution in [0.25, 0.3) is 0 Å². The molecule has 0 atom stereocenters. The SMILES string of the molecule is CCOC(=O)C1CCN(C(=O)COC(=O)c2ccc3c(c2)C(=O)N(c2cc(C)ccc2C)C3=O)CC1. The number of aryl methyl sites for hydroxylation is 2. The number of nitrogens with zero attached hydrogens (tertiary/aromatic N) is 2. The zero-order chi connectivity index (χ0) is 26.0. The zero-order valence-corrected chi connectivity index (χ0v) is 20.5. The number of fused-ring (bicyclic) bond motifs is 1. The van der Waals surface area contributed by atoms with Gasteiger partial charge in [0, 0.05) is 13.1 Å². The molecule has 9 heteroatoms.